The maximum Gasteiger partial charge on any atom is 0.226 e. The molecule has 1 aliphatic heterocycles. The number of nitrogens with zero attached hydrogens (tertiary/aromatic N) is 2. The lowest BCUT2D eigenvalue weighted by Gasteiger charge is -2.19. The molecule has 0 aliphatic carbocycles. The van der Waals surface area contributed by atoms with E-state index in [-0.39, 0.29) is 5.91 Å². The third kappa shape index (κ3) is 12.9. The van der Waals surface area contributed by atoms with Gasteiger partial charge in [-0.2, -0.15) is 0 Å². The quantitative estimate of drug-likeness (QED) is 0.277. The molecule has 0 radical (unpaired) electrons. The number of hydrogen-bond acceptors (Lipinski definition) is 4. The van der Waals surface area contributed by atoms with Crippen molar-refractivity contribution in [3.05, 3.63) is 12.2 Å². The summed E-state index contributed by atoms with van der Waals surface area (Å²) in [7, 11) is 0. The predicted molar refractivity (Wildman–Crippen MR) is 121 cm³/mol. The molecule has 162 valence electrons. The third-order valence-corrected chi connectivity index (χ3v) is 5.25. The zero-order chi connectivity index (χ0) is 20.3. The summed E-state index contributed by atoms with van der Waals surface area (Å²) < 4.78 is 0. The molecule has 28 heavy (non-hydrogen) atoms. The molecule has 0 aromatic rings. The van der Waals surface area contributed by atoms with Crippen LogP contribution in [0.3, 0.4) is 0 Å². The van der Waals surface area contributed by atoms with E-state index < -0.39 is 0 Å². The number of hydrogen-bond donors (Lipinski definition) is 2. The first-order valence-electron chi connectivity index (χ1n) is 11.7. The van der Waals surface area contributed by atoms with E-state index in [4.69, 9.17) is 5.73 Å². The van der Waals surface area contributed by atoms with E-state index in [1.165, 1.54) is 70.6 Å². The van der Waals surface area contributed by atoms with Crippen LogP contribution in [0.2, 0.25) is 0 Å². The van der Waals surface area contributed by atoms with Crippen LogP contribution in [0, 0.1) is 0 Å². The molecule has 1 heterocycles. The fourth-order valence-electron chi connectivity index (χ4n) is 3.52. The van der Waals surface area contributed by atoms with Gasteiger partial charge in [0.2, 0.25) is 11.9 Å². The zero-order valence-corrected chi connectivity index (χ0v) is 18.3. The Hall–Kier alpha value is -1.36. The van der Waals surface area contributed by atoms with Crippen LogP contribution >= 0.6 is 0 Å². The first kappa shape index (κ1) is 24.7. The standard InChI is InChI=1S/C23H44N4O/c1-2-3-4-5-6-7-8-9-10-11-12-13-14-15-16-17-22(28)26-23-25-19-21-27(23)20-18-24/h9-10H,2-8,11-21,24H2,1H3,(H,25,26,28)/b10-9-. The monoisotopic (exact) mass is 392 g/mol. The van der Waals surface area contributed by atoms with E-state index in [1.54, 1.807) is 0 Å². The molecular weight excluding hydrogens is 348 g/mol. The Morgan fingerprint density at radius 1 is 1.00 bits per heavy atom. The van der Waals surface area contributed by atoms with Crippen molar-refractivity contribution >= 4 is 11.9 Å². The van der Waals surface area contributed by atoms with E-state index in [1.807, 2.05) is 0 Å². The molecule has 0 aromatic heterocycles. The number of amides is 1. The van der Waals surface area contributed by atoms with Crippen molar-refractivity contribution in [2.24, 2.45) is 10.7 Å². The van der Waals surface area contributed by atoms with Crippen LogP contribution in [0.4, 0.5) is 0 Å². The summed E-state index contributed by atoms with van der Waals surface area (Å²) >= 11 is 0. The summed E-state index contributed by atoms with van der Waals surface area (Å²) in [6, 6.07) is 0. The number of nitrogens with one attached hydrogen (secondary N) is 1. The lowest BCUT2D eigenvalue weighted by atomic mass is 10.1. The summed E-state index contributed by atoms with van der Waals surface area (Å²) in [5, 5.41) is 2.94. The highest BCUT2D eigenvalue weighted by Gasteiger charge is 2.17. The molecule has 0 saturated carbocycles. The van der Waals surface area contributed by atoms with Gasteiger partial charge in [-0.05, 0) is 32.1 Å². The van der Waals surface area contributed by atoms with Gasteiger partial charge in [-0.1, -0.05) is 70.4 Å². The van der Waals surface area contributed by atoms with Gasteiger partial charge in [0.05, 0.1) is 6.54 Å². The Balaban J connectivity index is 1.87. The van der Waals surface area contributed by atoms with Gasteiger partial charge >= 0.3 is 0 Å². The molecule has 0 bridgehead atoms. The number of carbonyl (C=O) groups is 1. The lowest BCUT2D eigenvalue weighted by molar-refractivity contribution is -0.119. The minimum Gasteiger partial charge on any atom is -0.340 e. The smallest absolute Gasteiger partial charge is 0.226 e. The normalized spacial score (nSPS) is 14.1. The van der Waals surface area contributed by atoms with E-state index in [0.29, 0.717) is 18.9 Å². The summed E-state index contributed by atoms with van der Waals surface area (Å²) in [5.41, 5.74) is 5.59. The van der Waals surface area contributed by atoms with Crippen LogP contribution in [-0.4, -0.2) is 42.9 Å². The van der Waals surface area contributed by atoms with Crippen LogP contribution in [0.1, 0.15) is 96.8 Å². The Morgan fingerprint density at radius 3 is 2.25 bits per heavy atom. The maximum atomic E-state index is 12.0. The highest BCUT2D eigenvalue weighted by molar-refractivity contribution is 5.97. The summed E-state index contributed by atoms with van der Waals surface area (Å²) in [6.45, 7) is 5.22. The number of unbranched alkanes of at least 4 members (excludes halogenated alkanes) is 11. The Labute approximate surface area is 173 Å². The van der Waals surface area contributed by atoms with E-state index in [0.717, 1.165) is 32.5 Å². The Morgan fingerprint density at radius 2 is 1.61 bits per heavy atom. The SMILES string of the molecule is CCCCCCCC/C=C\CCCCCCCC(=O)NC1=NCCN1CCN. The van der Waals surface area contributed by atoms with Crippen LogP contribution in [0.5, 0.6) is 0 Å². The average molecular weight is 393 g/mol. The lowest BCUT2D eigenvalue weighted by Crippen LogP contribution is -2.43. The van der Waals surface area contributed by atoms with Gasteiger partial charge in [0.1, 0.15) is 0 Å². The second-order valence-electron chi connectivity index (χ2n) is 7.86. The summed E-state index contributed by atoms with van der Waals surface area (Å²) in [6.07, 6.45) is 21.9. The van der Waals surface area contributed by atoms with Crippen LogP contribution < -0.4 is 11.1 Å². The number of guanidine groups is 1. The van der Waals surface area contributed by atoms with Crippen LogP contribution in [-0.2, 0) is 4.79 Å². The maximum absolute atomic E-state index is 12.0. The summed E-state index contributed by atoms with van der Waals surface area (Å²) in [5.74, 6) is 0.795. The fraction of sp³-hybridized carbons (Fsp3) is 0.826. The van der Waals surface area contributed by atoms with Gasteiger partial charge in [0.25, 0.3) is 0 Å². The molecule has 0 atom stereocenters. The van der Waals surface area contributed by atoms with Gasteiger partial charge in [-0.3, -0.25) is 15.1 Å². The fourth-order valence-corrected chi connectivity index (χ4v) is 3.52. The topological polar surface area (TPSA) is 70.7 Å². The summed E-state index contributed by atoms with van der Waals surface area (Å²) in [4.78, 5) is 18.4. The van der Waals surface area contributed by atoms with Crippen molar-refractivity contribution in [1.29, 1.82) is 0 Å². The highest BCUT2D eigenvalue weighted by atomic mass is 16.1. The van der Waals surface area contributed by atoms with Crippen molar-refractivity contribution in [3.63, 3.8) is 0 Å². The van der Waals surface area contributed by atoms with E-state index in [2.05, 4.69) is 34.3 Å². The van der Waals surface area contributed by atoms with Crippen molar-refractivity contribution in [2.75, 3.05) is 26.2 Å². The number of allylic oxidation sites excluding steroid dienone is 2. The zero-order valence-electron chi connectivity index (χ0n) is 18.3. The van der Waals surface area contributed by atoms with Crippen molar-refractivity contribution in [3.8, 4) is 0 Å². The second kappa shape index (κ2) is 17.7. The van der Waals surface area contributed by atoms with Crippen LogP contribution in [0.15, 0.2) is 17.1 Å². The molecule has 0 aromatic carbocycles. The largest absolute Gasteiger partial charge is 0.340 e. The number of nitrogens with two attached hydrogens (primary N) is 1. The number of carbonyl (C=O) groups excluding carboxylic acids is 1. The molecule has 0 spiro atoms. The van der Waals surface area contributed by atoms with Crippen LogP contribution in [0.25, 0.3) is 0 Å². The van der Waals surface area contributed by atoms with Gasteiger partial charge in [-0.15, -0.1) is 0 Å². The first-order chi connectivity index (χ1) is 13.8. The molecule has 3 N–H and O–H groups in total. The Bertz CT molecular complexity index is 448. The third-order valence-electron chi connectivity index (χ3n) is 5.25. The van der Waals surface area contributed by atoms with Gasteiger partial charge in [0, 0.05) is 26.1 Å². The average Bonchev–Trinajstić information content (AvgIpc) is 3.12. The molecule has 0 saturated heterocycles. The van der Waals surface area contributed by atoms with Gasteiger partial charge < -0.3 is 10.6 Å². The van der Waals surface area contributed by atoms with E-state index in [9.17, 15) is 4.79 Å². The van der Waals surface area contributed by atoms with Gasteiger partial charge in [0.15, 0.2) is 0 Å². The Kier molecular flexibility index (Phi) is 15.6. The van der Waals surface area contributed by atoms with E-state index >= 15 is 0 Å². The highest BCUT2D eigenvalue weighted by Crippen LogP contribution is 2.10. The molecule has 1 amide bonds. The molecule has 1 aliphatic rings. The molecule has 1 rings (SSSR count). The minimum atomic E-state index is 0.0836. The molecule has 0 fully saturated rings. The molecular formula is C23H44N4O. The first-order valence-corrected chi connectivity index (χ1v) is 11.7. The minimum absolute atomic E-state index is 0.0836. The predicted octanol–water partition coefficient (Wildman–Crippen LogP) is 4.77. The van der Waals surface area contributed by atoms with Gasteiger partial charge in [-0.25, -0.2) is 0 Å². The molecule has 0 unspecified atom stereocenters. The van der Waals surface area contributed by atoms with Crippen molar-refractivity contribution in [2.45, 2.75) is 96.8 Å². The number of rotatable bonds is 17. The van der Waals surface area contributed by atoms with Crippen molar-refractivity contribution < 1.29 is 4.79 Å². The molecule has 5 heteroatoms. The second-order valence-corrected chi connectivity index (χ2v) is 7.86. The van der Waals surface area contributed by atoms with Crippen molar-refractivity contribution in [1.82, 2.24) is 10.2 Å². The molecule has 5 nitrogen and oxygen atoms in total. The number of aliphatic imine (C=N–C) groups is 1.